The first-order chi connectivity index (χ1) is 15.9. The number of rotatable bonds is 7. The zero-order chi connectivity index (χ0) is 23.5. The number of methoxy groups -OCH3 is 1. The Morgan fingerprint density at radius 2 is 1.94 bits per heavy atom. The highest BCUT2D eigenvalue weighted by Gasteiger charge is 2.21. The van der Waals surface area contributed by atoms with Gasteiger partial charge in [0, 0.05) is 33.3 Å². The summed E-state index contributed by atoms with van der Waals surface area (Å²) >= 11 is 4.31. The maximum Gasteiger partial charge on any atom is 0.340 e. The fourth-order valence-electron chi connectivity index (χ4n) is 3.42. The van der Waals surface area contributed by atoms with Crippen LogP contribution in [0.25, 0.3) is 22.5 Å². The lowest BCUT2D eigenvalue weighted by Crippen LogP contribution is -2.16. The molecule has 0 aliphatic carbocycles. The number of thioether (sulfide) groups is 1. The minimum absolute atomic E-state index is 0.137. The molecule has 1 amide bonds. The number of aryl methyl sites for hydroxylation is 2. The van der Waals surface area contributed by atoms with E-state index < -0.39 is 5.97 Å². The summed E-state index contributed by atoms with van der Waals surface area (Å²) < 4.78 is 6.70. The Hall–Kier alpha value is -2.95. The van der Waals surface area contributed by atoms with Crippen molar-refractivity contribution in [3.8, 4) is 22.5 Å². The second-order valence-corrected chi connectivity index (χ2v) is 10.5. The molecule has 0 spiro atoms. The van der Waals surface area contributed by atoms with Crippen molar-refractivity contribution in [2.75, 3.05) is 18.2 Å². The summed E-state index contributed by atoms with van der Waals surface area (Å²) in [5, 5.41) is 14.7. The van der Waals surface area contributed by atoms with E-state index in [1.807, 2.05) is 36.7 Å². The monoisotopic (exact) mass is 498 g/mol. The highest BCUT2D eigenvalue weighted by atomic mass is 32.2. The van der Waals surface area contributed by atoms with Gasteiger partial charge in [-0.15, -0.1) is 32.9 Å². The van der Waals surface area contributed by atoms with Gasteiger partial charge in [-0.3, -0.25) is 4.79 Å². The number of carbonyl (C=O) groups excluding carboxylic acids is 2. The molecular formula is C23H22N4O3S3. The van der Waals surface area contributed by atoms with Crippen LogP contribution in [0.5, 0.6) is 0 Å². The van der Waals surface area contributed by atoms with Crippen LogP contribution in [-0.4, -0.2) is 39.5 Å². The van der Waals surface area contributed by atoms with Crippen molar-refractivity contribution in [3.05, 3.63) is 57.1 Å². The number of aromatic nitrogens is 3. The van der Waals surface area contributed by atoms with Crippen LogP contribution in [0.15, 0.2) is 46.9 Å². The van der Waals surface area contributed by atoms with Gasteiger partial charge >= 0.3 is 5.97 Å². The first-order valence-electron chi connectivity index (χ1n) is 10.0. The van der Waals surface area contributed by atoms with E-state index in [0.29, 0.717) is 15.7 Å². The molecule has 0 saturated heterocycles. The van der Waals surface area contributed by atoms with Crippen LogP contribution in [0, 0.1) is 13.8 Å². The molecule has 0 unspecified atom stereocenters. The molecule has 0 aliphatic heterocycles. The normalized spacial score (nSPS) is 10.9. The van der Waals surface area contributed by atoms with Crippen LogP contribution < -0.4 is 5.32 Å². The van der Waals surface area contributed by atoms with Crippen LogP contribution in [0.2, 0.25) is 0 Å². The molecule has 0 bridgehead atoms. The number of nitrogens with one attached hydrogen (secondary N) is 1. The Balaban J connectivity index is 1.49. The van der Waals surface area contributed by atoms with E-state index in [4.69, 9.17) is 4.74 Å². The van der Waals surface area contributed by atoms with E-state index in [1.165, 1.54) is 35.1 Å². The van der Waals surface area contributed by atoms with Gasteiger partial charge in [0.25, 0.3) is 0 Å². The van der Waals surface area contributed by atoms with Crippen molar-refractivity contribution in [1.82, 2.24) is 14.8 Å². The highest BCUT2D eigenvalue weighted by Crippen LogP contribution is 2.38. The van der Waals surface area contributed by atoms with Crippen molar-refractivity contribution >= 4 is 51.3 Å². The molecule has 0 aliphatic rings. The molecule has 33 heavy (non-hydrogen) atoms. The van der Waals surface area contributed by atoms with Gasteiger partial charge in [0.15, 0.2) is 11.0 Å². The predicted octanol–water partition coefficient (Wildman–Crippen LogP) is 5.41. The number of nitrogens with zero attached hydrogens (tertiary/aromatic N) is 3. The van der Waals surface area contributed by atoms with Crippen molar-refractivity contribution in [2.24, 2.45) is 7.05 Å². The number of hydrogen-bond donors (Lipinski definition) is 1. The van der Waals surface area contributed by atoms with Crippen LogP contribution in [-0.2, 0) is 16.6 Å². The van der Waals surface area contributed by atoms with E-state index in [9.17, 15) is 9.59 Å². The number of thiophene rings is 2. The molecule has 4 aromatic rings. The van der Waals surface area contributed by atoms with Crippen LogP contribution in [0.1, 0.15) is 20.1 Å². The average molecular weight is 499 g/mol. The van der Waals surface area contributed by atoms with E-state index in [-0.39, 0.29) is 11.7 Å². The number of anilines is 1. The van der Waals surface area contributed by atoms with Gasteiger partial charge in [0.1, 0.15) is 5.00 Å². The van der Waals surface area contributed by atoms with Crippen molar-refractivity contribution < 1.29 is 14.3 Å². The number of carbonyl (C=O) groups is 2. The number of hydrogen-bond acceptors (Lipinski definition) is 8. The quantitative estimate of drug-likeness (QED) is 0.271. The third-order valence-corrected chi connectivity index (χ3v) is 7.86. The molecule has 3 heterocycles. The zero-order valence-corrected chi connectivity index (χ0v) is 21.0. The van der Waals surface area contributed by atoms with Gasteiger partial charge in [-0.25, -0.2) is 4.79 Å². The number of esters is 1. The van der Waals surface area contributed by atoms with Gasteiger partial charge in [-0.1, -0.05) is 42.1 Å². The highest BCUT2D eigenvalue weighted by molar-refractivity contribution is 7.99. The summed E-state index contributed by atoms with van der Waals surface area (Å²) in [6.07, 6.45) is 0. The molecule has 0 fully saturated rings. The second-order valence-electron chi connectivity index (χ2n) is 7.24. The summed E-state index contributed by atoms with van der Waals surface area (Å²) in [4.78, 5) is 26.6. The first-order valence-corrected chi connectivity index (χ1v) is 12.7. The Morgan fingerprint density at radius 3 is 2.67 bits per heavy atom. The molecule has 1 aromatic carbocycles. The van der Waals surface area contributed by atoms with E-state index in [1.54, 1.807) is 17.4 Å². The molecule has 4 rings (SSSR count). The second kappa shape index (κ2) is 9.90. The van der Waals surface area contributed by atoms with Crippen molar-refractivity contribution in [2.45, 2.75) is 19.0 Å². The smallest absolute Gasteiger partial charge is 0.340 e. The summed E-state index contributed by atoms with van der Waals surface area (Å²) in [5.74, 6) is 0.189. The molecule has 0 atom stereocenters. The average Bonchev–Trinajstić information content (AvgIpc) is 3.48. The van der Waals surface area contributed by atoms with Gasteiger partial charge in [-0.2, -0.15) is 0 Å². The third kappa shape index (κ3) is 4.87. The third-order valence-electron chi connectivity index (χ3n) is 4.96. The minimum atomic E-state index is -0.472. The van der Waals surface area contributed by atoms with Crippen LogP contribution >= 0.6 is 34.4 Å². The summed E-state index contributed by atoms with van der Waals surface area (Å²) in [6, 6.07) is 11.9. The van der Waals surface area contributed by atoms with E-state index in [0.717, 1.165) is 27.4 Å². The Morgan fingerprint density at radius 1 is 1.18 bits per heavy atom. The Kier molecular flexibility index (Phi) is 6.96. The molecule has 10 heteroatoms. The minimum Gasteiger partial charge on any atom is -0.465 e. The van der Waals surface area contributed by atoms with Gasteiger partial charge in [0.2, 0.25) is 5.91 Å². The largest absolute Gasteiger partial charge is 0.465 e. The number of benzene rings is 1. The van der Waals surface area contributed by atoms with Crippen LogP contribution in [0.3, 0.4) is 0 Å². The molecule has 170 valence electrons. The molecule has 7 nitrogen and oxygen atoms in total. The number of amides is 1. The molecule has 1 N–H and O–H groups in total. The SMILES string of the molecule is COC(=O)c1cc(C)sc1NC(=O)CSc1nnc(-c2csc(C)c2-c2ccccc2)n1C. The van der Waals surface area contributed by atoms with Crippen molar-refractivity contribution in [3.63, 3.8) is 0 Å². The topological polar surface area (TPSA) is 86.1 Å². The van der Waals surface area contributed by atoms with Gasteiger partial charge in [-0.05, 0) is 25.5 Å². The van der Waals surface area contributed by atoms with Gasteiger partial charge in [0.05, 0.1) is 18.4 Å². The summed E-state index contributed by atoms with van der Waals surface area (Å²) in [5.41, 5.74) is 3.66. The van der Waals surface area contributed by atoms with E-state index in [2.05, 4.69) is 40.0 Å². The maximum atomic E-state index is 12.6. The zero-order valence-electron chi connectivity index (χ0n) is 18.5. The lowest BCUT2D eigenvalue weighted by Gasteiger charge is -2.07. The Bertz CT molecular complexity index is 1310. The van der Waals surface area contributed by atoms with Gasteiger partial charge < -0.3 is 14.6 Å². The van der Waals surface area contributed by atoms with E-state index >= 15 is 0 Å². The molecule has 0 saturated carbocycles. The predicted molar refractivity (Wildman–Crippen MR) is 134 cm³/mol. The standard InChI is InChI=1S/C23H22N4O3S3/c1-13-10-16(22(29)30-4)21(33-13)24-18(28)12-32-23-26-25-20(27(23)3)17-11-31-14(2)19(17)15-8-6-5-7-9-15/h5-11H,12H2,1-4H3,(H,24,28). The van der Waals surface area contributed by atoms with Crippen molar-refractivity contribution in [1.29, 1.82) is 0 Å². The number of ether oxygens (including phenoxy) is 1. The molecule has 3 aromatic heterocycles. The lowest BCUT2D eigenvalue weighted by atomic mass is 10.0. The fourth-order valence-corrected chi connectivity index (χ4v) is 5.91. The fraction of sp³-hybridized carbons (Fsp3) is 0.217. The lowest BCUT2D eigenvalue weighted by molar-refractivity contribution is -0.113. The first kappa shape index (κ1) is 23.2. The summed E-state index contributed by atoms with van der Waals surface area (Å²) in [7, 11) is 3.22. The Labute approximate surface area is 203 Å². The summed E-state index contributed by atoms with van der Waals surface area (Å²) in [6.45, 7) is 3.97. The molecular weight excluding hydrogens is 476 g/mol. The molecule has 0 radical (unpaired) electrons. The maximum absolute atomic E-state index is 12.6. The van der Waals surface area contributed by atoms with Crippen LogP contribution in [0.4, 0.5) is 5.00 Å².